The molecule has 130 valence electrons. The van der Waals surface area contributed by atoms with Crippen LogP contribution in [0.4, 0.5) is 0 Å². The van der Waals surface area contributed by atoms with Crippen LogP contribution in [-0.4, -0.2) is 23.1 Å². The Bertz CT molecular complexity index is 957. The SMILES string of the molecule is O=C=C(c1cccc2ccccc12)[C@H](NOCc1ccccc1)C(=O)O. The highest BCUT2D eigenvalue weighted by Crippen LogP contribution is 2.26. The molecule has 3 rings (SSSR count). The van der Waals surface area contributed by atoms with E-state index in [-0.39, 0.29) is 12.2 Å². The maximum Gasteiger partial charge on any atom is 0.328 e. The van der Waals surface area contributed by atoms with Gasteiger partial charge in [-0.15, -0.1) is 0 Å². The highest BCUT2D eigenvalue weighted by atomic mass is 16.6. The van der Waals surface area contributed by atoms with Gasteiger partial charge in [-0.25, -0.2) is 4.79 Å². The van der Waals surface area contributed by atoms with Gasteiger partial charge in [0.1, 0.15) is 5.94 Å². The van der Waals surface area contributed by atoms with Crippen molar-refractivity contribution in [3.63, 3.8) is 0 Å². The Labute approximate surface area is 150 Å². The number of benzene rings is 3. The maximum absolute atomic E-state index is 11.7. The summed E-state index contributed by atoms with van der Waals surface area (Å²) in [6.07, 6.45) is 0. The highest BCUT2D eigenvalue weighted by molar-refractivity contribution is 6.07. The van der Waals surface area contributed by atoms with Crippen molar-refractivity contribution in [3.8, 4) is 0 Å². The summed E-state index contributed by atoms with van der Waals surface area (Å²) in [4.78, 5) is 28.6. The fraction of sp³-hybridized carbons (Fsp3) is 0.0952. The second kappa shape index (κ2) is 8.23. The summed E-state index contributed by atoms with van der Waals surface area (Å²) < 4.78 is 0. The zero-order valence-electron chi connectivity index (χ0n) is 13.9. The van der Waals surface area contributed by atoms with Crippen LogP contribution in [0.25, 0.3) is 16.3 Å². The standard InChI is InChI=1S/C21H17NO4/c23-13-19(18-12-6-10-16-9-4-5-11-17(16)18)20(21(24)25)22-26-14-15-7-2-1-3-8-15/h1-12,20,22H,14H2,(H,24,25)/t20-/m0/s1. The van der Waals surface area contributed by atoms with E-state index in [2.05, 4.69) is 5.48 Å². The van der Waals surface area contributed by atoms with E-state index in [0.29, 0.717) is 5.56 Å². The molecular weight excluding hydrogens is 330 g/mol. The number of hydroxylamine groups is 1. The average molecular weight is 347 g/mol. The Balaban J connectivity index is 1.85. The molecule has 26 heavy (non-hydrogen) atoms. The third-order valence-electron chi connectivity index (χ3n) is 4.01. The number of nitrogens with one attached hydrogen (secondary N) is 1. The summed E-state index contributed by atoms with van der Waals surface area (Å²) in [6.45, 7) is 0.173. The minimum absolute atomic E-state index is 0.0117. The van der Waals surface area contributed by atoms with Gasteiger partial charge in [-0.1, -0.05) is 72.8 Å². The highest BCUT2D eigenvalue weighted by Gasteiger charge is 2.26. The molecule has 0 saturated carbocycles. The van der Waals surface area contributed by atoms with Crippen molar-refractivity contribution >= 4 is 28.3 Å². The van der Waals surface area contributed by atoms with Crippen molar-refractivity contribution in [2.24, 2.45) is 0 Å². The minimum Gasteiger partial charge on any atom is -0.480 e. The summed E-state index contributed by atoms with van der Waals surface area (Å²) in [7, 11) is 0. The van der Waals surface area contributed by atoms with E-state index >= 15 is 0 Å². The van der Waals surface area contributed by atoms with Gasteiger partial charge < -0.3 is 5.11 Å². The molecule has 5 heteroatoms. The first-order valence-corrected chi connectivity index (χ1v) is 8.08. The van der Waals surface area contributed by atoms with Crippen molar-refractivity contribution in [2.45, 2.75) is 12.6 Å². The van der Waals surface area contributed by atoms with Crippen LogP contribution < -0.4 is 5.48 Å². The Morgan fingerprint density at radius 1 is 1.00 bits per heavy atom. The zero-order chi connectivity index (χ0) is 18.4. The van der Waals surface area contributed by atoms with Gasteiger partial charge in [-0.05, 0) is 21.9 Å². The average Bonchev–Trinajstić information content (AvgIpc) is 2.68. The predicted octanol–water partition coefficient (Wildman–Crippen LogP) is 3.23. The molecule has 0 fully saturated rings. The van der Waals surface area contributed by atoms with E-state index in [1.807, 2.05) is 60.7 Å². The van der Waals surface area contributed by atoms with Gasteiger partial charge in [0, 0.05) is 0 Å². The summed E-state index contributed by atoms with van der Waals surface area (Å²) in [5.41, 5.74) is 3.87. The van der Waals surface area contributed by atoms with Crippen molar-refractivity contribution in [3.05, 3.63) is 83.9 Å². The first-order chi connectivity index (χ1) is 12.7. The van der Waals surface area contributed by atoms with Crippen LogP contribution in [-0.2, 0) is 21.0 Å². The van der Waals surface area contributed by atoms with Crippen LogP contribution in [0.1, 0.15) is 11.1 Å². The molecule has 0 aliphatic rings. The van der Waals surface area contributed by atoms with Gasteiger partial charge >= 0.3 is 5.97 Å². The van der Waals surface area contributed by atoms with Crippen molar-refractivity contribution in [2.75, 3.05) is 0 Å². The third-order valence-corrected chi connectivity index (χ3v) is 4.01. The van der Waals surface area contributed by atoms with Crippen molar-refractivity contribution < 1.29 is 19.5 Å². The van der Waals surface area contributed by atoms with Gasteiger partial charge in [-0.3, -0.25) is 9.63 Å². The molecule has 0 aliphatic heterocycles. The minimum atomic E-state index is -1.33. The molecule has 0 bridgehead atoms. The summed E-state index contributed by atoms with van der Waals surface area (Å²) >= 11 is 0. The van der Waals surface area contributed by atoms with E-state index in [9.17, 15) is 14.7 Å². The number of carbonyl (C=O) groups is 1. The van der Waals surface area contributed by atoms with E-state index in [1.165, 1.54) is 0 Å². The number of fused-ring (bicyclic) bond motifs is 1. The van der Waals surface area contributed by atoms with Gasteiger partial charge in [0.2, 0.25) is 0 Å². The lowest BCUT2D eigenvalue weighted by Crippen LogP contribution is -2.38. The number of rotatable bonds is 7. The number of carbonyl (C=O) groups excluding carboxylic acids is 1. The van der Waals surface area contributed by atoms with Gasteiger partial charge in [-0.2, -0.15) is 5.48 Å². The molecular formula is C21H17NO4. The molecule has 0 radical (unpaired) electrons. The van der Waals surface area contributed by atoms with Gasteiger partial charge in [0.15, 0.2) is 6.04 Å². The third kappa shape index (κ3) is 3.87. The second-order valence-corrected chi connectivity index (χ2v) is 5.71. The van der Waals surface area contributed by atoms with Crippen LogP contribution in [0.2, 0.25) is 0 Å². The van der Waals surface area contributed by atoms with E-state index in [0.717, 1.165) is 16.3 Å². The van der Waals surface area contributed by atoms with E-state index in [4.69, 9.17) is 4.84 Å². The second-order valence-electron chi connectivity index (χ2n) is 5.71. The molecule has 0 amide bonds. The molecule has 0 saturated heterocycles. The molecule has 3 aromatic carbocycles. The largest absolute Gasteiger partial charge is 0.480 e. The number of aliphatic carboxylic acids is 1. The fourth-order valence-electron chi connectivity index (χ4n) is 2.75. The molecule has 0 spiro atoms. The molecule has 3 aromatic rings. The van der Waals surface area contributed by atoms with Crippen LogP contribution in [0.5, 0.6) is 0 Å². The van der Waals surface area contributed by atoms with Crippen LogP contribution in [0, 0.1) is 0 Å². The Morgan fingerprint density at radius 2 is 1.69 bits per heavy atom. The smallest absolute Gasteiger partial charge is 0.328 e. The number of hydrogen-bond acceptors (Lipinski definition) is 4. The normalized spacial score (nSPS) is 11.7. The zero-order valence-corrected chi connectivity index (χ0v) is 13.9. The first-order valence-electron chi connectivity index (χ1n) is 8.08. The number of hydrogen-bond donors (Lipinski definition) is 2. The predicted molar refractivity (Wildman–Crippen MR) is 98.8 cm³/mol. The fourth-order valence-corrected chi connectivity index (χ4v) is 2.75. The van der Waals surface area contributed by atoms with E-state index in [1.54, 1.807) is 18.1 Å². The Kier molecular flexibility index (Phi) is 5.56. The lowest BCUT2D eigenvalue weighted by atomic mass is 9.95. The molecule has 0 unspecified atom stereocenters. The summed E-state index contributed by atoms with van der Waals surface area (Å²) in [6, 6.07) is 20.8. The topological polar surface area (TPSA) is 75.6 Å². The molecule has 1 atom stereocenters. The van der Waals surface area contributed by atoms with Gasteiger partial charge in [0.25, 0.3) is 0 Å². The molecule has 0 heterocycles. The summed E-state index contributed by atoms with van der Waals surface area (Å²) in [5.74, 6) is 0.566. The van der Waals surface area contributed by atoms with Crippen LogP contribution in [0.15, 0.2) is 72.8 Å². The van der Waals surface area contributed by atoms with Crippen LogP contribution in [0.3, 0.4) is 0 Å². The first kappa shape index (κ1) is 17.6. The van der Waals surface area contributed by atoms with Crippen molar-refractivity contribution in [1.82, 2.24) is 5.48 Å². The monoisotopic (exact) mass is 347 g/mol. The molecule has 0 aliphatic carbocycles. The molecule has 2 N–H and O–H groups in total. The van der Waals surface area contributed by atoms with E-state index < -0.39 is 12.0 Å². The quantitative estimate of drug-likeness (QED) is 0.507. The lowest BCUT2D eigenvalue weighted by Gasteiger charge is -2.17. The number of carboxylic acids is 1. The molecule has 0 aromatic heterocycles. The van der Waals surface area contributed by atoms with Crippen molar-refractivity contribution in [1.29, 1.82) is 0 Å². The summed E-state index contributed by atoms with van der Waals surface area (Å²) in [5, 5.41) is 11.3. The van der Waals surface area contributed by atoms with Crippen LogP contribution >= 0.6 is 0 Å². The number of carboxylic acid groups (broad SMARTS) is 1. The molecule has 5 nitrogen and oxygen atoms in total. The Morgan fingerprint density at radius 3 is 2.42 bits per heavy atom. The lowest BCUT2D eigenvalue weighted by molar-refractivity contribution is -0.142. The maximum atomic E-state index is 11.7. The Hall–Kier alpha value is -3.24. The van der Waals surface area contributed by atoms with Gasteiger partial charge in [0.05, 0.1) is 12.2 Å².